The van der Waals surface area contributed by atoms with Crippen LogP contribution in [0.25, 0.3) is 11.1 Å². The quantitative estimate of drug-likeness (QED) is 0.220. The molecule has 0 aliphatic rings. The number of nitrogens with zero attached hydrogens (tertiary/aromatic N) is 2. The predicted molar refractivity (Wildman–Crippen MR) is 145 cm³/mol. The third kappa shape index (κ3) is 6.52. The van der Waals surface area contributed by atoms with Crippen LogP contribution in [-0.2, 0) is 28.9 Å². The Balaban J connectivity index is 1.37. The van der Waals surface area contributed by atoms with E-state index in [1.807, 2.05) is 31.2 Å². The number of anilines is 3. The molecular formula is C29H32N4O4. The first-order chi connectivity index (χ1) is 17.9. The van der Waals surface area contributed by atoms with Gasteiger partial charge in [0.1, 0.15) is 5.52 Å². The van der Waals surface area contributed by atoms with Crippen LogP contribution in [0.5, 0.6) is 0 Å². The van der Waals surface area contributed by atoms with Gasteiger partial charge in [0.25, 0.3) is 6.01 Å². The number of para-hydroxylation sites is 1. The number of benzene rings is 2. The van der Waals surface area contributed by atoms with Crippen molar-refractivity contribution >= 4 is 40.2 Å². The number of fused-ring (bicyclic) bond motifs is 1. The van der Waals surface area contributed by atoms with Crippen molar-refractivity contribution in [3.05, 3.63) is 77.1 Å². The molecule has 8 heteroatoms. The molecule has 3 N–H and O–H groups in total. The molecule has 0 aliphatic carbocycles. The van der Waals surface area contributed by atoms with Crippen LogP contribution in [0, 0.1) is 0 Å². The van der Waals surface area contributed by atoms with E-state index in [0.29, 0.717) is 23.0 Å². The number of hydrogen-bond donors (Lipinski definition) is 3. The molecule has 1 atom stereocenters. The van der Waals surface area contributed by atoms with Gasteiger partial charge >= 0.3 is 5.97 Å². The molecule has 0 radical (unpaired) electrons. The first-order valence-electron chi connectivity index (χ1n) is 12.6. The zero-order chi connectivity index (χ0) is 26.4. The minimum Gasteiger partial charge on any atom is -0.481 e. The zero-order valence-corrected chi connectivity index (χ0v) is 21.4. The van der Waals surface area contributed by atoms with Crippen molar-refractivity contribution in [1.82, 2.24) is 9.97 Å². The van der Waals surface area contributed by atoms with Crippen LogP contribution in [0.15, 0.2) is 59.1 Å². The van der Waals surface area contributed by atoms with E-state index < -0.39 is 5.97 Å². The van der Waals surface area contributed by atoms with Crippen molar-refractivity contribution in [2.75, 3.05) is 17.2 Å². The molecule has 0 spiro atoms. The van der Waals surface area contributed by atoms with Gasteiger partial charge in [-0.3, -0.25) is 14.6 Å². The van der Waals surface area contributed by atoms with Gasteiger partial charge in [0.2, 0.25) is 0 Å². The molecule has 192 valence electrons. The molecular weight excluding hydrogens is 468 g/mol. The van der Waals surface area contributed by atoms with Gasteiger partial charge in [0, 0.05) is 23.7 Å². The van der Waals surface area contributed by atoms with Gasteiger partial charge in [-0.1, -0.05) is 45.0 Å². The van der Waals surface area contributed by atoms with E-state index >= 15 is 0 Å². The summed E-state index contributed by atoms with van der Waals surface area (Å²) in [6.45, 7) is 6.22. The number of carbonyl (C=O) groups is 2. The standard InChI is InChI=1S/C29H32N4O4/c1-4-20-7-6-8-21(5-2)28(20)33-29-32-25-11-9-19(15-26(25)37-29)14-23(34)17-30-22-10-12-24(31-16-22)18(3)13-27(35)36/h6-12,15-16,18,30H,4-5,13-14,17H2,1-3H3,(H,32,33)(H,35,36). The van der Waals surface area contributed by atoms with E-state index in [4.69, 9.17) is 9.52 Å². The SMILES string of the molecule is CCc1cccc(CC)c1Nc1nc2ccc(CC(=O)CNc3ccc(C(C)CC(=O)O)nc3)cc2o1. The van der Waals surface area contributed by atoms with Crippen molar-refractivity contribution in [3.63, 3.8) is 0 Å². The Morgan fingerprint density at radius 2 is 1.81 bits per heavy atom. The van der Waals surface area contributed by atoms with Crippen molar-refractivity contribution in [1.29, 1.82) is 0 Å². The first kappa shape index (κ1) is 25.9. The van der Waals surface area contributed by atoms with Crippen LogP contribution in [-0.4, -0.2) is 33.4 Å². The highest BCUT2D eigenvalue weighted by Gasteiger charge is 2.14. The van der Waals surface area contributed by atoms with Crippen LogP contribution in [0.3, 0.4) is 0 Å². The Kier molecular flexibility index (Phi) is 8.18. The van der Waals surface area contributed by atoms with Gasteiger partial charge in [0.15, 0.2) is 11.4 Å². The van der Waals surface area contributed by atoms with E-state index in [1.165, 1.54) is 11.1 Å². The van der Waals surface area contributed by atoms with Crippen LogP contribution >= 0.6 is 0 Å². The monoisotopic (exact) mass is 500 g/mol. The Bertz CT molecular complexity index is 1370. The molecule has 0 aliphatic heterocycles. The van der Waals surface area contributed by atoms with Crippen LogP contribution in [0.1, 0.15) is 55.5 Å². The largest absolute Gasteiger partial charge is 0.481 e. The Morgan fingerprint density at radius 3 is 2.46 bits per heavy atom. The lowest BCUT2D eigenvalue weighted by Gasteiger charge is -2.12. The smallest absolute Gasteiger partial charge is 0.304 e. The number of Topliss-reactive ketones (excluding diaryl/α,β-unsaturated/α-hetero) is 1. The van der Waals surface area contributed by atoms with E-state index in [2.05, 4.69) is 52.6 Å². The number of pyridine rings is 1. The lowest BCUT2D eigenvalue weighted by molar-refractivity contribution is -0.137. The number of aromatic nitrogens is 2. The molecule has 1 unspecified atom stereocenters. The number of oxazole rings is 1. The van der Waals surface area contributed by atoms with E-state index in [-0.39, 0.29) is 31.1 Å². The maximum Gasteiger partial charge on any atom is 0.304 e. The minimum absolute atomic E-state index is 0.0185. The highest BCUT2D eigenvalue weighted by Crippen LogP contribution is 2.28. The average molecular weight is 501 g/mol. The summed E-state index contributed by atoms with van der Waals surface area (Å²) in [6, 6.07) is 15.9. The molecule has 0 saturated heterocycles. The van der Waals surface area contributed by atoms with Crippen molar-refractivity contribution < 1.29 is 19.1 Å². The van der Waals surface area contributed by atoms with Gasteiger partial charge in [0.05, 0.1) is 24.8 Å². The maximum atomic E-state index is 12.6. The summed E-state index contributed by atoms with van der Waals surface area (Å²) >= 11 is 0. The predicted octanol–water partition coefficient (Wildman–Crippen LogP) is 5.89. The lowest BCUT2D eigenvalue weighted by Crippen LogP contribution is -2.16. The van der Waals surface area contributed by atoms with Gasteiger partial charge in [-0.15, -0.1) is 0 Å². The number of carbonyl (C=O) groups excluding carboxylic acids is 1. The van der Waals surface area contributed by atoms with Crippen molar-refractivity contribution in [2.45, 2.75) is 52.4 Å². The molecule has 0 amide bonds. The fourth-order valence-electron chi connectivity index (χ4n) is 4.30. The normalized spacial score (nSPS) is 11.9. The fraction of sp³-hybridized carbons (Fsp3) is 0.310. The first-order valence-corrected chi connectivity index (χ1v) is 12.6. The van der Waals surface area contributed by atoms with E-state index in [9.17, 15) is 9.59 Å². The Morgan fingerprint density at radius 1 is 1.05 bits per heavy atom. The molecule has 2 aromatic carbocycles. The molecule has 0 fully saturated rings. The number of ketones is 1. The number of nitrogens with one attached hydrogen (secondary N) is 2. The second-order valence-electron chi connectivity index (χ2n) is 9.14. The van der Waals surface area contributed by atoms with E-state index in [0.717, 1.165) is 29.6 Å². The number of aliphatic carboxylic acids is 1. The number of carboxylic acid groups (broad SMARTS) is 1. The average Bonchev–Trinajstić information content (AvgIpc) is 3.29. The summed E-state index contributed by atoms with van der Waals surface area (Å²) in [4.78, 5) is 32.4. The highest BCUT2D eigenvalue weighted by atomic mass is 16.4. The summed E-state index contributed by atoms with van der Waals surface area (Å²) < 4.78 is 5.98. The summed E-state index contributed by atoms with van der Waals surface area (Å²) in [6.07, 6.45) is 3.71. The minimum atomic E-state index is -0.856. The molecule has 2 aromatic heterocycles. The number of carboxylic acids is 1. The molecule has 37 heavy (non-hydrogen) atoms. The summed E-state index contributed by atoms with van der Waals surface area (Å²) in [5.74, 6) is -1.01. The highest BCUT2D eigenvalue weighted by molar-refractivity contribution is 5.86. The second kappa shape index (κ2) is 11.7. The van der Waals surface area contributed by atoms with Crippen molar-refractivity contribution in [2.24, 2.45) is 0 Å². The number of rotatable bonds is 12. The summed E-state index contributed by atoms with van der Waals surface area (Å²) in [7, 11) is 0. The molecule has 4 rings (SSSR count). The zero-order valence-electron chi connectivity index (χ0n) is 21.4. The van der Waals surface area contributed by atoms with Crippen LogP contribution in [0.2, 0.25) is 0 Å². The van der Waals surface area contributed by atoms with Crippen molar-refractivity contribution in [3.8, 4) is 0 Å². The lowest BCUT2D eigenvalue weighted by atomic mass is 10.0. The van der Waals surface area contributed by atoms with Gasteiger partial charge in [-0.25, -0.2) is 0 Å². The third-order valence-corrected chi connectivity index (χ3v) is 6.35. The van der Waals surface area contributed by atoms with Gasteiger partial charge < -0.3 is 20.2 Å². The molecule has 0 saturated carbocycles. The third-order valence-electron chi connectivity index (χ3n) is 6.35. The molecule has 2 heterocycles. The maximum absolute atomic E-state index is 12.6. The molecule has 8 nitrogen and oxygen atoms in total. The summed E-state index contributed by atoms with van der Waals surface area (Å²) in [5.41, 5.74) is 7.08. The van der Waals surface area contributed by atoms with Crippen LogP contribution in [0.4, 0.5) is 17.4 Å². The topological polar surface area (TPSA) is 117 Å². The fourth-order valence-corrected chi connectivity index (χ4v) is 4.30. The molecule has 4 aromatic rings. The number of hydrogen-bond acceptors (Lipinski definition) is 7. The Labute approximate surface area is 216 Å². The van der Waals surface area contributed by atoms with Crippen LogP contribution < -0.4 is 10.6 Å². The molecule has 0 bridgehead atoms. The van der Waals surface area contributed by atoms with Gasteiger partial charge in [-0.05, 0) is 53.8 Å². The summed E-state index contributed by atoms with van der Waals surface area (Å²) in [5, 5.41) is 15.4. The van der Waals surface area contributed by atoms with E-state index in [1.54, 1.807) is 12.3 Å². The Hall–Kier alpha value is -4.20. The second-order valence-corrected chi connectivity index (χ2v) is 9.14. The van der Waals surface area contributed by atoms with Gasteiger partial charge in [-0.2, -0.15) is 4.98 Å². The number of aryl methyl sites for hydroxylation is 2.